The van der Waals surface area contributed by atoms with Crippen LogP contribution < -0.4 is 0 Å². The Bertz CT molecular complexity index is 366. The zero-order valence-electron chi connectivity index (χ0n) is 9.36. The second-order valence-corrected chi connectivity index (χ2v) is 6.58. The van der Waals surface area contributed by atoms with Crippen LogP contribution in [0.1, 0.15) is 48.0 Å². The van der Waals surface area contributed by atoms with Crippen LogP contribution in [0.25, 0.3) is 0 Å². The Morgan fingerprint density at radius 1 is 1.25 bits per heavy atom. The first-order valence-corrected chi connectivity index (χ1v) is 7.60. The average Bonchev–Trinajstić information content (AvgIpc) is 3.01. The van der Waals surface area contributed by atoms with Crippen molar-refractivity contribution >= 4 is 22.9 Å². The minimum Gasteiger partial charge on any atom is -0.144 e. The summed E-state index contributed by atoms with van der Waals surface area (Å²) in [5.41, 5.74) is 0. The third-order valence-corrected chi connectivity index (χ3v) is 5.44. The van der Waals surface area contributed by atoms with Gasteiger partial charge in [-0.25, -0.2) is 0 Å². The molecule has 0 aliphatic heterocycles. The number of alkyl halides is 1. The predicted molar refractivity (Wildman–Crippen MR) is 67.1 cm³/mol. The molecule has 0 spiro atoms. The lowest BCUT2D eigenvalue weighted by atomic mass is 9.89. The number of fused-ring (bicyclic) bond motifs is 2. The fourth-order valence-electron chi connectivity index (χ4n) is 3.28. The molecule has 16 heavy (non-hydrogen) atoms. The number of hydrogen-bond acceptors (Lipinski definition) is 3. The summed E-state index contributed by atoms with van der Waals surface area (Å²) < 4.78 is 0. The van der Waals surface area contributed by atoms with Gasteiger partial charge in [0.15, 0.2) is 0 Å². The average molecular weight is 257 g/mol. The smallest absolute Gasteiger partial charge is 0.120 e. The lowest BCUT2D eigenvalue weighted by Crippen LogP contribution is -2.07. The molecule has 3 rings (SSSR count). The highest BCUT2D eigenvalue weighted by atomic mass is 35.5. The normalized spacial score (nSPS) is 32.4. The molecule has 2 nitrogen and oxygen atoms in total. The topological polar surface area (TPSA) is 25.8 Å². The highest BCUT2D eigenvalue weighted by Crippen LogP contribution is 2.53. The van der Waals surface area contributed by atoms with Crippen molar-refractivity contribution in [2.24, 2.45) is 11.8 Å². The molecule has 0 saturated heterocycles. The summed E-state index contributed by atoms with van der Waals surface area (Å²) in [5.74, 6) is 3.37. The van der Waals surface area contributed by atoms with Gasteiger partial charge in [0.25, 0.3) is 0 Å². The van der Waals surface area contributed by atoms with Gasteiger partial charge in [-0.05, 0) is 37.5 Å². The van der Waals surface area contributed by atoms with Gasteiger partial charge in [-0.3, -0.25) is 0 Å². The maximum Gasteiger partial charge on any atom is 0.120 e. The second kappa shape index (κ2) is 4.61. The van der Waals surface area contributed by atoms with Crippen LogP contribution in [-0.2, 0) is 6.42 Å². The molecule has 3 unspecified atom stereocenters. The Labute approximate surface area is 105 Å². The summed E-state index contributed by atoms with van der Waals surface area (Å²) in [5, 5.41) is 11.2. The predicted octanol–water partition coefficient (Wildman–Crippen LogP) is 3.61. The molecule has 2 bridgehead atoms. The minimum absolute atomic E-state index is 0.725. The van der Waals surface area contributed by atoms with Gasteiger partial charge in [0.1, 0.15) is 10.0 Å². The van der Waals surface area contributed by atoms with E-state index in [0.717, 1.165) is 36.5 Å². The van der Waals surface area contributed by atoms with Crippen LogP contribution in [-0.4, -0.2) is 16.1 Å². The summed E-state index contributed by atoms with van der Waals surface area (Å²) in [6.07, 6.45) is 7.72. The maximum atomic E-state index is 5.69. The van der Waals surface area contributed by atoms with E-state index >= 15 is 0 Å². The van der Waals surface area contributed by atoms with Gasteiger partial charge < -0.3 is 0 Å². The van der Waals surface area contributed by atoms with E-state index in [1.54, 1.807) is 0 Å². The van der Waals surface area contributed by atoms with Crippen molar-refractivity contribution in [3.63, 3.8) is 0 Å². The van der Waals surface area contributed by atoms with E-state index in [-0.39, 0.29) is 0 Å². The second-order valence-electron chi connectivity index (χ2n) is 5.11. The highest BCUT2D eigenvalue weighted by molar-refractivity contribution is 7.11. The molecule has 2 aliphatic carbocycles. The number of rotatable bonds is 4. The van der Waals surface area contributed by atoms with Gasteiger partial charge in [-0.1, -0.05) is 6.42 Å². The first kappa shape index (κ1) is 11.0. The summed E-state index contributed by atoms with van der Waals surface area (Å²) in [4.78, 5) is 0. The van der Waals surface area contributed by atoms with Crippen molar-refractivity contribution in [2.45, 2.75) is 44.4 Å². The third-order valence-electron chi connectivity index (χ3n) is 4.06. The van der Waals surface area contributed by atoms with Crippen molar-refractivity contribution in [2.75, 3.05) is 5.88 Å². The van der Waals surface area contributed by atoms with Crippen molar-refractivity contribution in [3.8, 4) is 0 Å². The number of aromatic nitrogens is 2. The summed E-state index contributed by atoms with van der Waals surface area (Å²) in [7, 11) is 0. The lowest BCUT2D eigenvalue weighted by molar-refractivity contribution is 0.417. The van der Waals surface area contributed by atoms with Gasteiger partial charge in [0, 0.05) is 18.2 Å². The molecule has 4 heteroatoms. The molecular formula is C12H17ClN2S. The van der Waals surface area contributed by atoms with E-state index in [9.17, 15) is 0 Å². The van der Waals surface area contributed by atoms with Crippen LogP contribution in [0.4, 0.5) is 0 Å². The fourth-order valence-corrected chi connectivity index (χ4v) is 4.51. The molecule has 3 atom stereocenters. The van der Waals surface area contributed by atoms with Crippen LogP contribution in [0.2, 0.25) is 0 Å². The van der Waals surface area contributed by atoms with Crippen LogP contribution in [0.5, 0.6) is 0 Å². The van der Waals surface area contributed by atoms with Gasteiger partial charge in [-0.2, -0.15) is 0 Å². The molecule has 2 fully saturated rings. The van der Waals surface area contributed by atoms with E-state index in [0.29, 0.717) is 0 Å². The van der Waals surface area contributed by atoms with Gasteiger partial charge >= 0.3 is 0 Å². The van der Waals surface area contributed by atoms with E-state index in [1.807, 2.05) is 11.3 Å². The summed E-state index contributed by atoms with van der Waals surface area (Å²) >= 11 is 7.52. The number of hydrogen-bond donors (Lipinski definition) is 0. The Morgan fingerprint density at radius 2 is 2.19 bits per heavy atom. The quantitative estimate of drug-likeness (QED) is 0.769. The molecule has 1 heterocycles. The van der Waals surface area contributed by atoms with Crippen molar-refractivity contribution in [3.05, 3.63) is 10.0 Å². The highest BCUT2D eigenvalue weighted by Gasteiger charge is 2.41. The van der Waals surface area contributed by atoms with Crippen LogP contribution in [0, 0.1) is 11.8 Å². The van der Waals surface area contributed by atoms with E-state index < -0.39 is 0 Å². The van der Waals surface area contributed by atoms with Crippen molar-refractivity contribution in [1.82, 2.24) is 10.2 Å². The number of aryl methyl sites for hydroxylation is 1. The third kappa shape index (κ3) is 2.00. The Balaban J connectivity index is 1.68. The van der Waals surface area contributed by atoms with Crippen LogP contribution in [0.15, 0.2) is 0 Å². The number of halogens is 1. The molecule has 0 amide bonds. The van der Waals surface area contributed by atoms with Crippen LogP contribution >= 0.6 is 22.9 Å². The van der Waals surface area contributed by atoms with Crippen molar-refractivity contribution in [1.29, 1.82) is 0 Å². The molecule has 0 aromatic carbocycles. The van der Waals surface area contributed by atoms with E-state index in [4.69, 9.17) is 11.6 Å². The van der Waals surface area contributed by atoms with Crippen molar-refractivity contribution < 1.29 is 0 Å². The Kier molecular flexibility index (Phi) is 3.16. The zero-order chi connectivity index (χ0) is 11.0. The van der Waals surface area contributed by atoms with Gasteiger partial charge in [-0.15, -0.1) is 33.1 Å². The molecule has 1 aromatic heterocycles. The Hall–Kier alpha value is -0.150. The summed E-state index contributed by atoms with van der Waals surface area (Å²) in [6, 6.07) is 0. The molecule has 2 aliphatic rings. The standard InChI is InChI=1S/C12H17ClN2S/c13-5-1-2-11-14-15-12(16-11)10-7-8-3-4-9(10)6-8/h8-10H,1-7H2. The molecule has 0 N–H and O–H groups in total. The largest absolute Gasteiger partial charge is 0.144 e. The number of nitrogens with zero attached hydrogens (tertiary/aromatic N) is 2. The molecule has 2 saturated carbocycles. The van der Waals surface area contributed by atoms with E-state index in [2.05, 4.69) is 10.2 Å². The first-order valence-electron chi connectivity index (χ1n) is 6.25. The zero-order valence-corrected chi connectivity index (χ0v) is 10.9. The molecule has 1 aromatic rings. The molecular weight excluding hydrogens is 240 g/mol. The van der Waals surface area contributed by atoms with Gasteiger partial charge in [0.2, 0.25) is 0 Å². The molecule has 0 radical (unpaired) electrons. The first-order chi connectivity index (χ1) is 7.86. The monoisotopic (exact) mass is 256 g/mol. The Morgan fingerprint density at radius 3 is 2.88 bits per heavy atom. The van der Waals surface area contributed by atoms with Gasteiger partial charge in [0.05, 0.1) is 0 Å². The SMILES string of the molecule is ClCCCc1nnc(C2CC3CCC2C3)s1. The minimum atomic E-state index is 0.725. The summed E-state index contributed by atoms with van der Waals surface area (Å²) in [6.45, 7) is 0. The molecule has 88 valence electrons. The maximum absolute atomic E-state index is 5.69. The fraction of sp³-hybridized carbons (Fsp3) is 0.833. The lowest BCUT2D eigenvalue weighted by Gasteiger charge is -2.18. The van der Waals surface area contributed by atoms with E-state index in [1.165, 1.54) is 35.7 Å². The van der Waals surface area contributed by atoms with Crippen LogP contribution in [0.3, 0.4) is 0 Å².